The molecule has 0 bridgehead atoms. The van der Waals surface area contributed by atoms with Crippen LogP contribution in [-0.2, 0) is 5.41 Å². The molecule has 10 aromatic rings. The molecule has 0 amide bonds. The predicted molar refractivity (Wildman–Crippen MR) is 245 cm³/mol. The fourth-order valence-electron chi connectivity index (χ4n) is 10.4. The first kappa shape index (κ1) is 32.8. The summed E-state index contributed by atoms with van der Waals surface area (Å²) in [6.07, 6.45) is 6.81. The van der Waals surface area contributed by atoms with Gasteiger partial charge in [0.05, 0.1) is 22.3 Å². The van der Waals surface area contributed by atoms with Crippen LogP contribution in [0.3, 0.4) is 0 Å². The van der Waals surface area contributed by atoms with Crippen LogP contribution in [0.1, 0.15) is 32.3 Å². The molecule has 2 aromatic heterocycles. The lowest BCUT2D eigenvalue weighted by atomic mass is 9.63. The SMILES string of the molecule is CC12CC=CCC1(C)N(c1cccc(-c3ccccc3)c1)c1ccc(-c3ccc4c(c3)c3cc5c(cc3n4-c3cccc4ccccc34)sc3ccccc35)cc12. The molecule has 2 nitrogen and oxygen atoms in total. The smallest absolute Gasteiger partial charge is 0.0555 e. The van der Waals surface area contributed by atoms with Crippen LogP contribution in [0.15, 0.2) is 182 Å². The highest BCUT2D eigenvalue weighted by Gasteiger charge is 2.56. The van der Waals surface area contributed by atoms with Crippen LogP contribution in [0, 0.1) is 0 Å². The summed E-state index contributed by atoms with van der Waals surface area (Å²) >= 11 is 1.89. The molecule has 2 aliphatic rings. The summed E-state index contributed by atoms with van der Waals surface area (Å²) in [4.78, 5) is 2.65. The molecular weight excluding hydrogens is 709 g/mol. The summed E-state index contributed by atoms with van der Waals surface area (Å²) in [5.74, 6) is 0. The molecule has 57 heavy (non-hydrogen) atoms. The number of anilines is 2. The van der Waals surface area contributed by atoms with Crippen molar-refractivity contribution in [3.8, 4) is 27.9 Å². The third kappa shape index (κ3) is 4.64. The van der Waals surface area contributed by atoms with Gasteiger partial charge in [0.15, 0.2) is 0 Å². The van der Waals surface area contributed by atoms with Crippen molar-refractivity contribution < 1.29 is 0 Å². The first-order valence-electron chi connectivity index (χ1n) is 20.1. The van der Waals surface area contributed by atoms with Gasteiger partial charge in [0.25, 0.3) is 0 Å². The van der Waals surface area contributed by atoms with Crippen LogP contribution in [0.2, 0.25) is 0 Å². The molecule has 0 saturated carbocycles. The largest absolute Gasteiger partial charge is 0.334 e. The van der Waals surface area contributed by atoms with Crippen LogP contribution in [0.4, 0.5) is 11.4 Å². The summed E-state index contributed by atoms with van der Waals surface area (Å²) < 4.78 is 5.16. The zero-order valence-corrected chi connectivity index (χ0v) is 32.9. The topological polar surface area (TPSA) is 8.17 Å². The van der Waals surface area contributed by atoms with E-state index in [0.29, 0.717) is 0 Å². The van der Waals surface area contributed by atoms with Crippen molar-refractivity contribution in [2.45, 2.75) is 37.6 Å². The first-order valence-corrected chi connectivity index (χ1v) is 20.9. The monoisotopic (exact) mass is 748 g/mol. The maximum atomic E-state index is 2.65. The molecule has 0 N–H and O–H groups in total. The van der Waals surface area contributed by atoms with Crippen molar-refractivity contribution in [2.24, 2.45) is 0 Å². The molecule has 12 rings (SSSR count). The van der Waals surface area contributed by atoms with E-state index in [-0.39, 0.29) is 11.0 Å². The average molecular weight is 749 g/mol. The minimum Gasteiger partial charge on any atom is -0.334 e. The van der Waals surface area contributed by atoms with Crippen molar-refractivity contribution >= 4 is 75.5 Å². The normalized spacial score (nSPS) is 18.9. The zero-order valence-electron chi connectivity index (χ0n) is 32.0. The second kappa shape index (κ2) is 12.0. The van der Waals surface area contributed by atoms with Gasteiger partial charge in [0.1, 0.15) is 0 Å². The molecule has 1 aliphatic heterocycles. The Balaban J connectivity index is 1.06. The summed E-state index contributed by atoms with van der Waals surface area (Å²) in [5.41, 5.74) is 12.5. The zero-order chi connectivity index (χ0) is 37.9. The molecule has 2 unspecified atom stereocenters. The van der Waals surface area contributed by atoms with Crippen LogP contribution < -0.4 is 4.90 Å². The number of nitrogens with zero attached hydrogens (tertiary/aromatic N) is 2. The van der Waals surface area contributed by atoms with Gasteiger partial charge in [-0.2, -0.15) is 0 Å². The van der Waals surface area contributed by atoms with Crippen LogP contribution in [0.5, 0.6) is 0 Å². The maximum absolute atomic E-state index is 2.65. The average Bonchev–Trinajstić information content (AvgIpc) is 3.85. The molecule has 0 fully saturated rings. The Kier molecular flexibility index (Phi) is 6.93. The Morgan fingerprint density at radius 2 is 1.16 bits per heavy atom. The van der Waals surface area contributed by atoms with Crippen molar-refractivity contribution in [1.82, 2.24) is 4.57 Å². The van der Waals surface area contributed by atoms with Crippen LogP contribution >= 0.6 is 11.3 Å². The predicted octanol–water partition coefficient (Wildman–Crippen LogP) is 15.2. The number of benzene rings is 8. The van der Waals surface area contributed by atoms with Gasteiger partial charge in [-0.3, -0.25) is 0 Å². The molecule has 0 spiro atoms. The Bertz CT molecular complexity index is 3290. The summed E-state index contributed by atoms with van der Waals surface area (Å²) in [5, 5.41) is 7.74. The van der Waals surface area contributed by atoms with Gasteiger partial charge in [-0.1, -0.05) is 128 Å². The van der Waals surface area contributed by atoms with E-state index in [1.165, 1.54) is 97.6 Å². The fraction of sp³-hybridized carbons (Fsp3) is 0.111. The van der Waals surface area contributed by atoms with Crippen molar-refractivity contribution in [3.05, 3.63) is 188 Å². The molecule has 8 aromatic carbocycles. The lowest BCUT2D eigenvalue weighted by Gasteiger charge is -2.48. The van der Waals surface area contributed by atoms with E-state index >= 15 is 0 Å². The van der Waals surface area contributed by atoms with Gasteiger partial charge in [-0.05, 0) is 114 Å². The minimum atomic E-state index is -0.109. The Morgan fingerprint density at radius 1 is 0.456 bits per heavy atom. The number of hydrogen-bond acceptors (Lipinski definition) is 2. The van der Waals surface area contributed by atoms with Crippen molar-refractivity contribution in [3.63, 3.8) is 0 Å². The van der Waals surface area contributed by atoms with Crippen LogP contribution in [-0.4, -0.2) is 10.1 Å². The lowest BCUT2D eigenvalue weighted by Crippen LogP contribution is -2.53. The highest BCUT2D eigenvalue weighted by Crippen LogP contribution is 2.60. The number of thiophene rings is 1. The standard InChI is InChI=1S/C54H40N2S/c1-53-28-10-11-29-54(53,2)56(40-19-12-18-37(30-40)35-14-4-3-5-15-35)49-27-25-39(32-46(49)53)38-24-26-48-43(31-38)44-33-45-42-21-8-9-23-51(42)57-52(45)34-50(44)55(48)47-22-13-17-36-16-6-7-20-41(36)47/h3-27,30-34H,28-29H2,1-2H3. The third-order valence-electron chi connectivity index (χ3n) is 13.5. The minimum absolute atomic E-state index is 0.0596. The molecule has 3 heteroatoms. The maximum Gasteiger partial charge on any atom is 0.0555 e. The summed E-state index contributed by atoms with van der Waals surface area (Å²) in [6.45, 7) is 4.98. The van der Waals surface area contributed by atoms with Gasteiger partial charge >= 0.3 is 0 Å². The van der Waals surface area contributed by atoms with E-state index < -0.39 is 0 Å². The Morgan fingerprint density at radius 3 is 2.07 bits per heavy atom. The van der Waals surface area contributed by atoms with Gasteiger partial charge in [0.2, 0.25) is 0 Å². The molecule has 2 atom stereocenters. The van der Waals surface area contributed by atoms with Crippen molar-refractivity contribution in [1.29, 1.82) is 0 Å². The third-order valence-corrected chi connectivity index (χ3v) is 14.7. The first-order chi connectivity index (χ1) is 28.0. The van der Waals surface area contributed by atoms with Gasteiger partial charge < -0.3 is 9.47 Å². The van der Waals surface area contributed by atoms with Gasteiger partial charge in [-0.25, -0.2) is 0 Å². The Labute approximate surface area is 336 Å². The van der Waals surface area contributed by atoms with Crippen molar-refractivity contribution in [2.75, 3.05) is 4.90 Å². The number of fused-ring (bicyclic) bond motifs is 10. The quantitative estimate of drug-likeness (QED) is 0.163. The number of rotatable bonds is 4. The highest BCUT2D eigenvalue weighted by molar-refractivity contribution is 7.25. The van der Waals surface area contributed by atoms with E-state index in [4.69, 9.17) is 0 Å². The molecule has 3 heterocycles. The molecule has 0 radical (unpaired) electrons. The van der Waals surface area contributed by atoms with Gasteiger partial charge in [0, 0.05) is 53.1 Å². The van der Waals surface area contributed by atoms with Crippen LogP contribution in [0.25, 0.3) is 80.7 Å². The number of hydrogen-bond donors (Lipinski definition) is 0. The van der Waals surface area contributed by atoms with E-state index in [2.05, 4.69) is 205 Å². The molecular formula is C54H40N2S. The highest BCUT2D eigenvalue weighted by atomic mass is 32.1. The van der Waals surface area contributed by atoms with E-state index in [0.717, 1.165) is 12.8 Å². The van der Waals surface area contributed by atoms with Gasteiger partial charge in [-0.15, -0.1) is 11.3 Å². The Hall–Kier alpha value is -6.42. The van der Waals surface area contributed by atoms with E-state index in [9.17, 15) is 0 Å². The number of allylic oxidation sites excluding steroid dienone is 1. The second-order valence-electron chi connectivity index (χ2n) is 16.5. The van der Waals surface area contributed by atoms with E-state index in [1.54, 1.807) is 0 Å². The van der Waals surface area contributed by atoms with E-state index in [1.807, 2.05) is 11.3 Å². The molecule has 1 aliphatic carbocycles. The number of aromatic nitrogens is 1. The second-order valence-corrected chi connectivity index (χ2v) is 17.6. The lowest BCUT2D eigenvalue weighted by molar-refractivity contribution is 0.270. The summed E-state index contributed by atoms with van der Waals surface area (Å²) in [7, 11) is 0. The molecule has 272 valence electrons. The fourth-order valence-corrected chi connectivity index (χ4v) is 11.5. The summed E-state index contributed by atoms with van der Waals surface area (Å²) in [6, 6.07) is 63.6. The molecule has 0 saturated heterocycles.